The summed E-state index contributed by atoms with van der Waals surface area (Å²) in [5.74, 6) is 2.08. The molecule has 6 nitrogen and oxygen atoms in total. The van der Waals surface area contributed by atoms with E-state index in [-0.39, 0.29) is 0 Å². The lowest BCUT2D eigenvalue weighted by Gasteiger charge is -2.14. The average Bonchev–Trinajstić information content (AvgIpc) is 2.91. The predicted octanol–water partition coefficient (Wildman–Crippen LogP) is 3.01. The fourth-order valence-corrected chi connectivity index (χ4v) is 3.27. The van der Waals surface area contributed by atoms with Gasteiger partial charge >= 0.3 is 0 Å². The number of thiazole rings is 1. The quantitative estimate of drug-likeness (QED) is 0.620. The van der Waals surface area contributed by atoms with Gasteiger partial charge in [-0.25, -0.2) is 4.98 Å². The maximum atomic E-state index is 5.32. The Labute approximate surface area is 146 Å². The first kappa shape index (κ1) is 18.1. The van der Waals surface area contributed by atoms with Crippen molar-refractivity contribution in [1.29, 1.82) is 0 Å². The Hall–Kier alpha value is -2.28. The average molecular weight is 348 g/mol. The lowest BCUT2D eigenvalue weighted by Crippen LogP contribution is -2.32. The molecule has 0 unspecified atom stereocenters. The third-order valence-corrected chi connectivity index (χ3v) is 4.65. The molecule has 0 fully saturated rings. The minimum absolute atomic E-state index is 0.675. The first-order chi connectivity index (χ1) is 11.6. The van der Waals surface area contributed by atoms with Gasteiger partial charge < -0.3 is 20.1 Å². The van der Waals surface area contributed by atoms with Gasteiger partial charge in [0.05, 0.1) is 24.9 Å². The van der Waals surface area contributed by atoms with Gasteiger partial charge in [0.2, 0.25) is 0 Å². The van der Waals surface area contributed by atoms with E-state index < -0.39 is 0 Å². The van der Waals surface area contributed by atoms with E-state index in [0.29, 0.717) is 17.5 Å². The number of nitrogens with zero attached hydrogens (tertiary/aromatic N) is 2. The van der Waals surface area contributed by atoms with Crippen molar-refractivity contribution in [3.05, 3.63) is 33.8 Å². The molecule has 1 heterocycles. The van der Waals surface area contributed by atoms with Gasteiger partial charge in [0.25, 0.3) is 0 Å². The number of aryl methyl sites for hydroxylation is 2. The topological polar surface area (TPSA) is 67.8 Å². The number of hydrogen-bond donors (Lipinski definition) is 2. The van der Waals surface area contributed by atoms with Crippen molar-refractivity contribution in [2.24, 2.45) is 4.99 Å². The van der Waals surface area contributed by atoms with Crippen molar-refractivity contribution >= 4 is 23.0 Å². The highest BCUT2D eigenvalue weighted by Crippen LogP contribution is 2.29. The van der Waals surface area contributed by atoms with Crippen molar-refractivity contribution in [2.75, 3.05) is 33.1 Å². The van der Waals surface area contributed by atoms with Gasteiger partial charge in [0.15, 0.2) is 17.5 Å². The van der Waals surface area contributed by atoms with Crippen molar-refractivity contribution in [1.82, 2.24) is 10.3 Å². The summed E-state index contributed by atoms with van der Waals surface area (Å²) in [5.41, 5.74) is 1.99. The zero-order valence-corrected chi connectivity index (χ0v) is 15.6. The summed E-state index contributed by atoms with van der Waals surface area (Å²) in [6.45, 7) is 4.87. The molecule has 0 aliphatic heterocycles. The van der Waals surface area contributed by atoms with E-state index in [2.05, 4.69) is 27.5 Å². The second-order valence-electron chi connectivity index (χ2n) is 5.19. The summed E-state index contributed by atoms with van der Waals surface area (Å²) >= 11 is 1.74. The molecule has 7 heteroatoms. The molecule has 1 aromatic heterocycles. The number of hydrogen-bond acceptors (Lipinski definition) is 5. The molecule has 1 aromatic carbocycles. The Morgan fingerprint density at radius 3 is 2.54 bits per heavy atom. The molecule has 0 saturated carbocycles. The molecular weight excluding hydrogens is 324 g/mol. The van der Waals surface area contributed by atoms with Gasteiger partial charge in [-0.15, -0.1) is 11.3 Å². The smallest absolute Gasteiger partial charge is 0.195 e. The monoisotopic (exact) mass is 348 g/mol. The van der Waals surface area contributed by atoms with Crippen LogP contribution in [0.15, 0.2) is 23.2 Å². The van der Waals surface area contributed by atoms with Crippen LogP contribution in [0.4, 0.5) is 5.69 Å². The standard InChI is InChI=1S/C17H24N4O2S/c1-11-16(24-12(2)20-11)8-9-19-17(18-3)21-13-6-7-14(22-4)15(10-13)23-5/h6-7,10H,8-9H2,1-5H3,(H2,18,19,21). The highest BCUT2D eigenvalue weighted by atomic mass is 32.1. The molecule has 2 aromatic rings. The molecule has 0 atom stereocenters. The zero-order chi connectivity index (χ0) is 17.5. The van der Waals surface area contributed by atoms with Crippen molar-refractivity contribution in [2.45, 2.75) is 20.3 Å². The van der Waals surface area contributed by atoms with Gasteiger partial charge in [-0.2, -0.15) is 0 Å². The van der Waals surface area contributed by atoms with E-state index in [1.165, 1.54) is 4.88 Å². The number of anilines is 1. The van der Waals surface area contributed by atoms with Crippen LogP contribution in [0.1, 0.15) is 15.6 Å². The van der Waals surface area contributed by atoms with Crippen molar-refractivity contribution < 1.29 is 9.47 Å². The third kappa shape index (κ3) is 4.61. The first-order valence-corrected chi connectivity index (χ1v) is 8.51. The molecule has 0 radical (unpaired) electrons. The van der Waals surface area contributed by atoms with Crippen LogP contribution >= 0.6 is 11.3 Å². The molecule has 130 valence electrons. The summed E-state index contributed by atoms with van der Waals surface area (Å²) in [6.07, 6.45) is 0.921. The number of rotatable bonds is 6. The maximum absolute atomic E-state index is 5.32. The van der Waals surface area contributed by atoms with Crippen LogP contribution < -0.4 is 20.1 Å². The number of guanidine groups is 1. The predicted molar refractivity (Wildman–Crippen MR) is 99.8 cm³/mol. The molecule has 0 saturated heterocycles. The zero-order valence-electron chi connectivity index (χ0n) is 14.8. The minimum atomic E-state index is 0.675. The van der Waals surface area contributed by atoms with Crippen LogP contribution in [-0.4, -0.2) is 38.8 Å². The number of benzene rings is 1. The second kappa shape index (κ2) is 8.54. The summed E-state index contributed by atoms with van der Waals surface area (Å²) in [6, 6.07) is 5.66. The van der Waals surface area contributed by atoms with Gasteiger partial charge in [-0.3, -0.25) is 4.99 Å². The van der Waals surface area contributed by atoms with E-state index in [4.69, 9.17) is 9.47 Å². The Bertz CT molecular complexity index is 713. The number of methoxy groups -OCH3 is 2. The Balaban J connectivity index is 1.94. The van der Waals surface area contributed by atoms with Crippen molar-refractivity contribution in [3.8, 4) is 11.5 Å². The first-order valence-electron chi connectivity index (χ1n) is 7.70. The van der Waals surface area contributed by atoms with Gasteiger partial charge in [0, 0.05) is 36.6 Å². The molecular formula is C17H24N4O2S. The summed E-state index contributed by atoms with van der Waals surface area (Å²) in [7, 11) is 4.99. The lowest BCUT2D eigenvalue weighted by atomic mass is 10.2. The van der Waals surface area contributed by atoms with Crippen LogP contribution in [0, 0.1) is 13.8 Å². The number of ether oxygens (including phenoxy) is 2. The molecule has 2 rings (SSSR count). The molecule has 2 N–H and O–H groups in total. The molecule has 0 aliphatic rings. The number of aromatic nitrogens is 1. The molecule has 0 spiro atoms. The number of nitrogens with one attached hydrogen (secondary N) is 2. The Kier molecular flexibility index (Phi) is 6.43. The molecule has 0 aliphatic carbocycles. The van der Waals surface area contributed by atoms with E-state index in [9.17, 15) is 0 Å². The van der Waals surface area contributed by atoms with Crippen LogP contribution in [0.2, 0.25) is 0 Å². The Morgan fingerprint density at radius 2 is 1.96 bits per heavy atom. The van der Waals surface area contributed by atoms with Crippen LogP contribution in [0.5, 0.6) is 11.5 Å². The van der Waals surface area contributed by atoms with E-state index >= 15 is 0 Å². The number of aliphatic imine (C=N–C) groups is 1. The van der Waals surface area contributed by atoms with E-state index in [0.717, 1.165) is 29.4 Å². The highest BCUT2D eigenvalue weighted by molar-refractivity contribution is 7.11. The largest absolute Gasteiger partial charge is 0.493 e. The van der Waals surface area contributed by atoms with Gasteiger partial charge in [-0.05, 0) is 26.0 Å². The second-order valence-corrected chi connectivity index (χ2v) is 6.47. The van der Waals surface area contributed by atoms with Gasteiger partial charge in [0.1, 0.15) is 0 Å². The fraction of sp³-hybridized carbons (Fsp3) is 0.412. The normalized spacial score (nSPS) is 11.3. The Morgan fingerprint density at radius 1 is 1.21 bits per heavy atom. The van der Waals surface area contributed by atoms with E-state index in [1.54, 1.807) is 32.6 Å². The molecule has 24 heavy (non-hydrogen) atoms. The lowest BCUT2D eigenvalue weighted by molar-refractivity contribution is 0.355. The fourth-order valence-electron chi connectivity index (χ4n) is 2.33. The summed E-state index contributed by atoms with van der Waals surface area (Å²) < 4.78 is 10.6. The van der Waals surface area contributed by atoms with Crippen molar-refractivity contribution in [3.63, 3.8) is 0 Å². The van der Waals surface area contributed by atoms with Crippen LogP contribution in [-0.2, 0) is 6.42 Å². The van der Waals surface area contributed by atoms with Crippen LogP contribution in [0.25, 0.3) is 0 Å². The highest BCUT2D eigenvalue weighted by Gasteiger charge is 2.07. The van der Waals surface area contributed by atoms with Gasteiger partial charge in [-0.1, -0.05) is 0 Å². The third-order valence-electron chi connectivity index (χ3n) is 3.51. The maximum Gasteiger partial charge on any atom is 0.195 e. The molecule has 0 amide bonds. The minimum Gasteiger partial charge on any atom is -0.493 e. The van der Waals surface area contributed by atoms with E-state index in [1.807, 2.05) is 25.1 Å². The SMILES string of the molecule is CN=C(NCCc1sc(C)nc1C)Nc1ccc(OC)c(OC)c1. The summed E-state index contributed by atoms with van der Waals surface area (Å²) in [4.78, 5) is 10.0. The summed E-state index contributed by atoms with van der Waals surface area (Å²) in [5, 5.41) is 7.67. The van der Waals surface area contributed by atoms with Crippen LogP contribution in [0.3, 0.4) is 0 Å². The molecule has 0 bridgehead atoms.